The number of ether oxygens (including phenoxy) is 1. The Balaban J connectivity index is 2.36. The second-order valence-corrected chi connectivity index (χ2v) is 4.37. The number of carbonyl (C=O) groups is 1. The van der Waals surface area contributed by atoms with Crippen LogP contribution in [-0.4, -0.2) is 25.7 Å². The molecule has 100 valence electrons. The van der Waals surface area contributed by atoms with Gasteiger partial charge in [0, 0.05) is 19.2 Å². The molecule has 0 aliphatic rings. The van der Waals surface area contributed by atoms with Crippen LogP contribution >= 0.6 is 0 Å². The van der Waals surface area contributed by atoms with E-state index in [9.17, 15) is 4.79 Å². The number of hydrogen-bond donors (Lipinski definition) is 2. The lowest BCUT2D eigenvalue weighted by Gasteiger charge is -2.15. The molecular weight excluding hydrogens is 228 g/mol. The summed E-state index contributed by atoms with van der Waals surface area (Å²) in [6.07, 6.45) is 2.06. The number of carbonyl (C=O) groups excluding carboxylic acids is 1. The summed E-state index contributed by atoms with van der Waals surface area (Å²) >= 11 is 0. The Morgan fingerprint density at radius 3 is 2.89 bits per heavy atom. The van der Waals surface area contributed by atoms with Crippen LogP contribution in [0.5, 0.6) is 0 Å². The van der Waals surface area contributed by atoms with E-state index >= 15 is 0 Å². The van der Waals surface area contributed by atoms with Gasteiger partial charge in [-0.15, -0.1) is 0 Å². The summed E-state index contributed by atoms with van der Waals surface area (Å²) in [6.45, 7) is 2.59. The highest BCUT2D eigenvalue weighted by molar-refractivity contribution is 5.76. The van der Waals surface area contributed by atoms with E-state index in [2.05, 4.69) is 5.32 Å². The van der Waals surface area contributed by atoms with Gasteiger partial charge >= 0.3 is 0 Å². The van der Waals surface area contributed by atoms with E-state index in [-0.39, 0.29) is 11.9 Å². The molecule has 0 radical (unpaired) electrons. The minimum Gasteiger partial charge on any atom is -0.399 e. The second kappa shape index (κ2) is 7.71. The van der Waals surface area contributed by atoms with E-state index < -0.39 is 0 Å². The van der Waals surface area contributed by atoms with Gasteiger partial charge in [0.05, 0.1) is 12.6 Å². The molecular formula is C14H22N2O2. The summed E-state index contributed by atoms with van der Waals surface area (Å²) in [5.41, 5.74) is 7.51. The average molecular weight is 250 g/mol. The molecule has 0 fully saturated rings. The zero-order valence-corrected chi connectivity index (χ0v) is 11.1. The number of nitrogens with one attached hydrogen (secondary N) is 1. The molecule has 0 heterocycles. The summed E-state index contributed by atoms with van der Waals surface area (Å²) in [5, 5.41) is 2.96. The van der Waals surface area contributed by atoms with Gasteiger partial charge in [-0.1, -0.05) is 19.1 Å². The molecule has 1 aromatic carbocycles. The Morgan fingerprint density at radius 2 is 2.28 bits per heavy atom. The first-order valence-corrected chi connectivity index (χ1v) is 6.28. The highest BCUT2D eigenvalue weighted by Gasteiger charge is 2.09. The predicted octanol–water partition coefficient (Wildman–Crippen LogP) is 1.74. The van der Waals surface area contributed by atoms with Crippen LogP contribution in [0, 0.1) is 0 Å². The SMILES string of the molecule is CCC(COC)NC(=O)CCc1cccc(N)c1. The van der Waals surface area contributed by atoms with Gasteiger partial charge in [-0.25, -0.2) is 0 Å². The van der Waals surface area contributed by atoms with Gasteiger partial charge < -0.3 is 15.8 Å². The van der Waals surface area contributed by atoms with Gasteiger partial charge in [0.15, 0.2) is 0 Å². The molecule has 1 rings (SSSR count). The molecule has 1 unspecified atom stereocenters. The normalized spacial score (nSPS) is 12.1. The Labute approximate surface area is 109 Å². The number of anilines is 1. The van der Waals surface area contributed by atoms with Crippen molar-refractivity contribution in [1.29, 1.82) is 0 Å². The van der Waals surface area contributed by atoms with Crippen LogP contribution in [0.25, 0.3) is 0 Å². The highest BCUT2D eigenvalue weighted by atomic mass is 16.5. The van der Waals surface area contributed by atoms with Gasteiger partial charge in [-0.05, 0) is 30.5 Å². The third-order valence-electron chi connectivity index (χ3n) is 2.82. The van der Waals surface area contributed by atoms with E-state index in [1.54, 1.807) is 7.11 Å². The fourth-order valence-electron chi connectivity index (χ4n) is 1.77. The van der Waals surface area contributed by atoms with Crippen molar-refractivity contribution in [3.63, 3.8) is 0 Å². The van der Waals surface area contributed by atoms with Gasteiger partial charge in [0.25, 0.3) is 0 Å². The quantitative estimate of drug-likeness (QED) is 0.724. The van der Waals surface area contributed by atoms with Crippen LogP contribution in [-0.2, 0) is 16.0 Å². The Bertz CT molecular complexity index is 380. The molecule has 0 aromatic heterocycles. The van der Waals surface area contributed by atoms with Crippen LogP contribution in [0.3, 0.4) is 0 Å². The molecule has 3 N–H and O–H groups in total. The first kappa shape index (κ1) is 14.5. The third kappa shape index (κ3) is 5.19. The number of rotatable bonds is 7. The molecule has 18 heavy (non-hydrogen) atoms. The number of hydrogen-bond acceptors (Lipinski definition) is 3. The maximum absolute atomic E-state index is 11.7. The fraction of sp³-hybridized carbons (Fsp3) is 0.500. The van der Waals surface area contributed by atoms with E-state index in [1.165, 1.54) is 0 Å². The maximum Gasteiger partial charge on any atom is 0.220 e. The molecule has 0 saturated carbocycles. The Morgan fingerprint density at radius 1 is 1.50 bits per heavy atom. The number of nitrogens with two attached hydrogens (primary N) is 1. The summed E-state index contributed by atoms with van der Waals surface area (Å²) in [5.74, 6) is 0.0568. The summed E-state index contributed by atoms with van der Waals surface area (Å²) in [4.78, 5) is 11.7. The van der Waals surface area contributed by atoms with Crippen molar-refractivity contribution in [2.45, 2.75) is 32.2 Å². The summed E-state index contributed by atoms with van der Waals surface area (Å²) in [6, 6.07) is 7.73. The second-order valence-electron chi connectivity index (χ2n) is 4.37. The Kier molecular flexibility index (Phi) is 6.22. The van der Waals surface area contributed by atoms with Crippen LogP contribution in [0.15, 0.2) is 24.3 Å². The summed E-state index contributed by atoms with van der Waals surface area (Å²) in [7, 11) is 1.64. The lowest BCUT2D eigenvalue weighted by atomic mass is 10.1. The molecule has 0 aliphatic heterocycles. The highest BCUT2D eigenvalue weighted by Crippen LogP contribution is 2.08. The molecule has 0 spiro atoms. The van der Waals surface area contributed by atoms with E-state index in [1.807, 2.05) is 31.2 Å². The molecule has 0 aliphatic carbocycles. The minimum absolute atomic E-state index is 0.0568. The smallest absolute Gasteiger partial charge is 0.220 e. The molecule has 1 atom stereocenters. The van der Waals surface area contributed by atoms with Crippen LogP contribution in [0.4, 0.5) is 5.69 Å². The zero-order valence-electron chi connectivity index (χ0n) is 11.1. The first-order chi connectivity index (χ1) is 8.65. The molecule has 4 nitrogen and oxygen atoms in total. The van der Waals surface area contributed by atoms with Crippen molar-refractivity contribution >= 4 is 11.6 Å². The zero-order chi connectivity index (χ0) is 13.4. The molecule has 0 bridgehead atoms. The van der Waals surface area contributed by atoms with Crippen molar-refractivity contribution < 1.29 is 9.53 Å². The van der Waals surface area contributed by atoms with Crippen molar-refractivity contribution in [3.05, 3.63) is 29.8 Å². The number of nitrogen functional groups attached to an aromatic ring is 1. The van der Waals surface area contributed by atoms with Crippen molar-refractivity contribution in [3.8, 4) is 0 Å². The Hall–Kier alpha value is -1.55. The average Bonchev–Trinajstić information content (AvgIpc) is 2.36. The monoisotopic (exact) mass is 250 g/mol. The van der Waals surface area contributed by atoms with E-state index in [0.717, 1.165) is 17.7 Å². The number of amides is 1. The lowest BCUT2D eigenvalue weighted by molar-refractivity contribution is -0.122. The largest absolute Gasteiger partial charge is 0.399 e. The first-order valence-electron chi connectivity index (χ1n) is 6.28. The van der Waals surface area contributed by atoms with Crippen LogP contribution in [0.2, 0.25) is 0 Å². The molecule has 4 heteroatoms. The van der Waals surface area contributed by atoms with Crippen LogP contribution in [0.1, 0.15) is 25.3 Å². The van der Waals surface area contributed by atoms with Crippen LogP contribution < -0.4 is 11.1 Å². The van der Waals surface area contributed by atoms with Gasteiger partial charge in [-0.2, -0.15) is 0 Å². The van der Waals surface area contributed by atoms with Gasteiger partial charge in [0.2, 0.25) is 5.91 Å². The van der Waals surface area contributed by atoms with E-state index in [0.29, 0.717) is 19.4 Å². The van der Waals surface area contributed by atoms with Crippen molar-refractivity contribution in [2.24, 2.45) is 0 Å². The molecule has 1 aromatic rings. The molecule has 1 amide bonds. The fourth-order valence-corrected chi connectivity index (χ4v) is 1.77. The van der Waals surface area contributed by atoms with Crippen molar-refractivity contribution in [1.82, 2.24) is 5.32 Å². The minimum atomic E-state index is 0.0568. The number of benzene rings is 1. The lowest BCUT2D eigenvalue weighted by Crippen LogP contribution is -2.37. The standard InChI is InChI=1S/C14H22N2O2/c1-3-13(10-18-2)16-14(17)8-7-11-5-4-6-12(15)9-11/h4-6,9,13H,3,7-8,10,15H2,1-2H3,(H,16,17). The maximum atomic E-state index is 11.7. The topological polar surface area (TPSA) is 64.3 Å². The predicted molar refractivity (Wildman–Crippen MR) is 73.3 cm³/mol. The number of aryl methyl sites for hydroxylation is 1. The van der Waals surface area contributed by atoms with E-state index in [4.69, 9.17) is 10.5 Å². The third-order valence-corrected chi connectivity index (χ3v) is 2.82. The van der Waals surface area contributed by atoms with Crippen molar-refractivity contribution in [2.75, 3.05) is 19.5 Å². The van der Waals surface area contributed by atoms with Gasteiger partial charge in [-0.3, -0.25) is 4.79 Å². The number of methoxy groups -OCH3 is 1. The molecule has 0 saturated heterocycles. The summed E-state index contributed by atoms with van der Waals surface area (Å²) < 4.78 is 5.04. The van der Waals surface area contributed by atoms with Gasteiger partial charge in [0.1, 0.15) is 0 Å².